The van der Waals surface area contributed by atoms with Crippen LogP contribution in [0.5, 0.6) is 0 Å². The summed E-state index contributed by atoms with van der Waals surface area (Å²) in [5, 5.41) is 0. The van der Waals surface area contributed by atoms with Crippen LogP contribution in [0.25, 0.3) is 0 Å². The Balaban J connectivity index is 1.56. The van der Waals surface area contributed by atoms with Crippen molar-refractivity contribution < 1.29 is 23.2 Å². The Kier molecular flexibility index (Phi) is 12.2. The Hall–Kier alpha value is -2.07. The zero-order valence-electron chi connectivity index (χ0n) is 19.1. The number of Topliss-reactive ketones (excluding diaryl/α,β-unsaturated/α-hetero) is 2. The van der Waals surface area contributed by atoms with Gasteiger partial charge in [0.05, 0.1) is 0 Å². The van der Waals surface area contributed by atoms with Gasteiger partial charge in [-0.15, -0.1) is 0 Å². The standard InChI is InChI=1S/C26H35O5P/c1-21(11-9-17-23-13-5-3-6-14-23)25(27)19-30-32(29)31-20-26(28)22(2)12-10-18-24-15-7-4-8-16-24/h3-8,13-16,21-22,32H,9-12,17-20H2,1-2H3/t21-,22-/m0/s1. The largest absolute Gasteiger partial charge is 0.319 e. The Labute approximate surface area is 192 Å². The number of hydrogen-bond acceptors (Lipinski definition) is 5. The summed E-state index contributed by atoms with van der Waals surface area (Å²) in [6.45, 7) is 3.22. The predicted octanol–water partition coefficient (Wildman–Crippen LogP) is 5.87. The first-order chi connectivity index (χ1) is 15.5. The van der Waals surface area contributed by atoms with Crippen molar-refractivity contribution >= 4 is 19.8 Å². The van der Waals surface area contributed by atoms with Gasteiger partial charge in [0.15, 0.2) is 11.6 Å². The van der Waals surface area contributed by atoms with Gasteiger partial charge >= 0.3 is 8.25 Å². The third-order valence-corrected chi connectivity index (χ3v) is 6.41. The monoisotopic (exact) mass is 458 g/mol. The Morgan fingerprint density at radius 1 is 0.719 bits per heavy atom. The number of carbonyl (C=O) groups is 2. The highest BCUT2D eigenvalue weighted by atomic mass is 31.1. The third kappa shape index (κ3) is 10.5. The Bertz CT molecular complexity index is 768. The van der Waals surface area contributed by atoms with E-state index in [2.05, 4.69) is 24.3 Å². The van der Waals surface area contributed by atoms with Gasteiger partial charge < -0.3 is 9.05 Å². The molecule has 0 bridgehead atoms. The highest BCUT2D eigenvalue weighted by Gasteiger charge is 2.17. The molecule has 0 aliphatic carbocycles. The minimum atomic E-state index is -2.86. The molecule has 0 aromatic heterocycles. The molecular formula is C26H35O5P. The van der Waals surface area contributed by atoms with Crippen LogP contribution in [0.1, 0.15) is 50.7 Å². The van der Waals surface area contributed by atoms with Crippen molar-refractivity contribution in [2.75, 3.05) is 13.2 Å². The zero-order chi connectivity index (χ0) is 23.2. The first kappa shape index (κ1) is 26.2. The summed E-state index contributed by atoms with van der Waals surface area (Å²) in [5.74, 6) is -0.527. The molecule has 32 heavy (non-hydrogen) atoms. The second-order valence-corrected chi connectivity index (χ2v) is 9.40. The molecule has 0 aliphatic heterocycles. The molecule has 0 fully saturated rings. The van der Waals surface area contributed by atoms with Crippen molar-refractivity contribution in [1.29, 1.82) is 0 Å². The van der Waals surface area contributed by atoms with Crippen LogP contribution >= 0.6 is 8.25 Å². The lowest BCUT2D eigenvalue weighted by atomic mass is 9.98. The van der Waals surface area contributed by atoms with Crippen LogP contribution in [0.3, 0.4) is 0 Å². The SMILES string of the molecule is C[C@@H](CCCc1ccccc1)C(=O)CO[PH](=O)OCC(=O)[C@@H](C)CCCc1ccccc1. The lowest BCUT2D eigenvalue weighted by Crippen LogP contribution is -2.18. The minimum Gasteiger partial charge on any atom is -0.303 e. The number of ketones is 2. The van der Waals surface area contributed by atoms with Crippen molar-refractivity contribution in [1.82, 2.24) is 0 Å². The van der Waals surface area contributed by atoms with Gasteiger partial charge in [-0.2, -0.15) is 0 Å². The summed E-state index contributed by atoms with van der Waals surface area (Å²) in [4.78, 5) is 24.4. The predicted molar refractivity (Wildman–Crippen MR) is 128 cm³/mol. The van der Waals surface area contributed by atoms with E-state index in [1.54, 1.807) is 0 Å². The molecule has 0 N–H and O–H groups in total. The van der Waals surface area contributed by atoms with Crippen LogP contribution < -0.4 is 0 Å². The molecule has 2 atom stereocenters. The molecule has 2 aromatic rings. The maximum absolute atomic E-state index is 12.2. The smallest absolute Gasteiger partial charge is 0.303 e. The van der Waals surface area contributed by atoms with Crippen molar-refractivity contribution in [3.05, 3.63) is 71.8 Å². The molecule has 2 aromatic carbocycles. The van der Waals surface area contributed by atoms with E-state index in [4.69, 9.17) is 9.05 Å². The van der Waals surface area contributed by atoms with Gasteiger partial charge in [-0.1, -0.05) is 74.5 Å². The van der Waals surface area contributed by atoms with E-state index >= 15 is 0 Å². The molecule has 0 aliphatic rings. The van der Waals surface area contributed by atoms with Crippen molar-refractivity contribution in [3.63, 3.8) is 0 Å². The highest BCUT2D eigenvalue weighted by Crippen LogP contribution is 2.25. The van der Waals surface area contributed by atoms with E-state index in [-0.39, 0.29) is 36.6 Å². The van der Waals surface area contributed by atoms with Gasteiger partial charge in [-0.05, 0) is 49.7 Å². The fraction of sp³-hybridized carbons (Fsp3) is 0.462. The molecule has 0 amide bonds. The van der Waals surface area contributed by atoms with Gasteiger partial charge in [-0.25, -0.2) is 0 Å². The molecule has 6 heteroatoms. The number of benzene rings is 2. The van der Waals surface area contributed by atoms with Gasteiger partial charge in [0, 0.05) is 11.8 Å². The lowest BCUT2D eigenvalue weighted by molar-refractivity contribution is -0.125. The molecule has 0 spiro atoms. The minimum absolute atomic E-state index is 0.0966. The van der Waals surface area contributed by atoms with Crippen LogP contribution in [0, 0.1) is 11.8 Å². The first-order valence-corrected chi connectivity index (χ1v) is 12.6. The van der Waals surface area contributed by atoms with Crippen LogP contribution in [-0.4, -0.2) is 24.8 Å². The van der Waals surface area contributed by atoms with Crippen LogP contribution in [-0.2, 0) is 36.0 Å². The molecule has 5 nitrogen and oxygen atoms in total. The number of aryl methyl sites for hydroxylation is 2. The van der Waals surface area contributed by atoms with E-state index in [1.807, 2.05) is 50.2 Å². The second-order valence-electron chi connectivity index (χ2n) is 8.32. The first-order valence-electron chi connectivity index (χ1n) is 11.4. The highest BCUT2D eigenvalue weighted by molar-refractivity contribution is 7.33. The lowest BCUT2D eigenvalue weighted by Gasteiger charge is -2.12. The normalized spacial score (nSPS) is 13.1. The molecule has 0 heterocycles. The maximum Gasteiger partial charge on any atom is 0.319 e. The summed E-state index contributed by atoms with van der Waals surface area (Å²) < 4.78 is 22.1. The average molecular weight is 459 g/mol. The molecule has 0 radical (unpaired) electrons. The van der Waals surface area contributed by atoms with E-state index in [9.17, 15) is 14.2 Å². The molecule has 0 unspecified atom stereocenters. The third-order valence-electron chi connectivity index (χ3n) is 5.65. The number of carbonyl (C=O) groups excluding carboxylic acids is 2. The Morgan fingerprint density at radius 3 is 1.47 bits per heavy atom. The molecule has 0 saturated heterocycles. The second kappa shape index (κ2) is 14.9. The van der Waals surface area contributed by atoms with E-state index < -0.39 is 8.25 Å². The van der Waals surface area contributed by atoms with Gasteiger partial charge in [-0.3, -0.25) is 14.2 Å². The number of rotatable bonds is 16. The van der Waals surface area contributed by atoms with Crippen molar-refractivity contribution in [3.8, 4) is 0 Å². The van der Waals surface area contributed by atoms with E-state index in [0.717, 1.165) is 38.5 Å². The van der Waals surface area contributed by atoms with Crippen molar-refractivity contribution in [2.24, 2.45) is 11.8 Å². The summed E-state index contributed by atoms with van der Waals surface area (Å²) in [5.41, 5.74) is 2.50. The zero-order valence-corrected chi connectivity index (χ0v) is 20.1. The number of hydrogen-bond donors (Lipinski definition) is 0. The van der Waals surface area contributed by atoms with Crippen LogP contribution in [0.4, 0.5) is 0 Å². The molecule has 0 saturated carbocycles. The fourth-order valence-corrected chi connectivity index (χ4v) is 4.03. The maximum atomic E-state index is 12.2. The molecule has 174 valence electrons. The summed E-state index contributed by atoms with van der Waals surface area (Å²) >= 11 is 0. The van der Waals surface area contributed by atoms with Crippen LogP contribution in [0.2, 0.25) is 0 Å². The summed E-state index contributed by atoms with van der Waals surface area (Å²) in [7, 11) is -2.86. The summed E-state index contributed by atoms with van der Waals surface area (Å²) in [6.07, 6.45) is 5.14. The van der Waals surface area contributed by atoms with E-state index in [0.29, 0.717) is 0 Å². The van der Waals surface area contributed by atoms with Crippen molar-refractivity contribution in [2.45, 2.75) is 52.4 Å². The Morgan fingerprint density at radius 2 is 1.09 bits per heavy atom. The van der Waals surface area contributed by atoms with Crippen LogP contribution in [0.15, 0.2) is 60.7 Å². The van der Waals surface area contributed by atoms with Gasteiger partial charge in [0.1, 0.15) is 13.2 Å². The fourth-order valence-electron chi connectivity index (χ4n) is 3.42. The topological polar surface area (TPSA) is 69.7 Å². The van der Waals surface area contributed by atoms with Gasteiger partial charge in [0.25, 0.3) is 0 Å². The quantitative estimate of drug-likeness (QED) is 0.295. The molecular weight excluding hydrogens is 423 g/mol. The summed E-state index contributed by atoms with van der Waals surface area (Å²) in [6, 6.07) is 20.3. The van der Waals surface area contributed by atoms with Gasteiger partial charge in [0.2, 0.25) is 0 Å². The van der Waals surface area contributed by atoms with E-state index in [1.165, 1.54) is 11.1 Å². The average Bonchev–Trinajstić information content (AvgIpc) is 2.82. The molecule has 2 rings (SSSR count).